The minimum atomic E-state index is -1.29. The number of ether oxygens (including phenoxy) is 1. The van der Waals surface area contributed by atoms with Crippen LogP contribution >= 0.6 is 0 Å². The average Bonchev–Trinajstić information content (AvgIpc) is 2.17. The molecule has 0 aromatic heterocycles. The van der Waals surface area contributed by atoms with E-state index in [2.05, 4.69) is 4.74 Å². The summed E-state index contributed by atoms with van der Waals surface area (Å²) in [5.41, 5.74) is -0.461. The molecule has 0 heterocycles. The molecule has 0 aliphatic carbocycles. The van der Waals surface area contributed by atoms with E-state index in [4.69, 9.17) is 5.11 Å². The maximum absolute atomic E-state index is 11.3. The third-order valence-electron chi connectivity index (χ3n) is 1.76. The van der Waals surface area contributed by atoms with Crippen molar-refractivity contribution >= 4 is 11.9 Å². The van der Waals surface area contributed by atoms with Crippen molar-refractivity contribution in [3.8, 4) is 5.75 Å². The van der Waals surface area contributed by atoms with Crippen molar-refractivity contribution in [2.75, 3.05) is 6.61 Å². The molecule has 0 unspecified atom stereocenters. The number of aromatic carboxylic acids is 1. The summed E-state index contributed by atoms with van der Waals surface area (Å²) in [7, 11) is 0. The van der Waals surface area contributed by atoms with Crippen LogP contribution in [-0.2, 0) is 4.74 Å². The summed E-state index contributed by atoms with van der Waals surface area (Å²) in [5.74, 6) is -2.60. The van der Waals surface area contributed by atoms with Crippen LogP contribution in [0.25, 0.3) is 0 Å². The molecule has 0 amide bonds. The minimum absolute atomic E-state index is 0.142. The van der Waals surface area contributed by atoms with Crippen molar-refractivity contribution in [1.82, 2.24) is 0 Å². The molecule has 1 aromatic carbocycles. The Kier molecular flexibility index (Phi) is 3.28. The molecular formula is C10H10O5. The van der Waals surface area contributed by atoms with Gasteiger partial charge in [0.1, 0.15) is 16.9 Å². The Balaban J connectivity index is 3.15. The number of rotatable bonds is 3. The van der Waals surface area contributed by atoms with E-state index in [-0.39, 0.29) is 17.7 Å². The van der Waals surface area contributed by atoms with Gasteiger partial charge in [-0.25, -0.2) is 9.59 Å². The van der Waals surface area contributed by atoms with Gasteiger partial charge in [0.05, 0.1) is 6.61 Å². The summed E-state index contributed by atoms with van der Waals surface area (Å²) in [6, 6.07) is 3.88. The number of hydrogen-bond donors (Lipinski definition) is 2. The lowest BCUT2D eigenvalue weighted by atomic mass is 10.1. The Morgan fingerprint density at radius 1 is 1.33 bits per heavy atom. The third-order valence-corrected chi connectivity index (χ3v) is 1.76. The van der Waals surface area contributed by atoms with Gasteiger partial charge in [-0.1, -0.05) is 6.07 Å². The largest absolute Gasteiger partial charge is 0.506 e. The Labute approximate surface area is 85.9 Å². The van der Waals surface area contributed by atoms with Crippen LogP contribution in [0.5, 0.6) is 5.75 Å². The molecule has 5 heteroatoms. The number of hydrogen-bond acceptors (Lipinski definition) is 4. The molecule has 0 saturated carbocycles. The molecule has 0 spiro atoms. The maximum Gasteiger partial charge on any atom is 0.341 e. The van der Waals surface area contributed by atoms with Crippen LogP contribution in [0.2, 0.25) is 0 Å². The zero-order chi connectivity index (χ0) is 11.4. The summed E-state index contributed by atoms with van der Waals surface area (Å²) >= 11 is 0. The number of esters is 1. The van der Waals surface area contributed by atoms with Crippen molar-refractivity contribution in [2.24, 2.45) is 0 Å². The van der Waals surface area contributed by atoms with Gasteiger partial charge >= 0.3 is 11.9 Å². The predicted molar refractivity (Wildman–Crippen MR) is 51.0 cm³/mol. The summed E-state index contributed by atoms with van der Waals surface area (Å²) in [4.78, 5) is 21.9. The van der Waals surface area contributed by atoms with E-state index in [0.717, 1.165) is 0 Å². The van der Waals surface area contributed by atoms with E-state index in [1.807, 2.05) is 0 Å². The van der Waals surface area contributed by atoms with E-state index >= 15 is 0 Å². The van der Waals surface area contributed by atoms with E-state index in [0.29, 0.717) is 0 Å². The van der Waals surface area contributed by atoms with Gasteiger partial charge in [0.15, 0.2) is 0 Å². The number of carbonyl (C=O) groups excluding carboxylic acids is 1. The lowest BCUT2D eigenvalue weighted by Gasteiger charge is -2.05. The molecule has 1 aromatic rings. The van der Waals surface area contributed by atoms with Crippen molar-refractivity contribution in [2.45, 2.75) is 6.92 Å². The zero-order valence-electron chi connectivity index (χ0n) is 8.06. The topological polar surface area (TPSA) is 83.8 Å². The second-order valence-electron chi connectivity index (χ2n) is 2.73. The molecule has 0 aliphatic heterocycles. The fraction of sp³-hybridized carbons (Fsp3) is 0.200. The number of phenols is 1. The normalized spacial score (nSPS) is 9.67. The van der Waals surface area contributed by atoms with Crippen LogP contribution in [0, 0.1) is 0 Å². The first kappa shape index (κ1) is 11.0. The Morgan fingerprint density at radius 3 is 2.47 bits per heavy atom. The van der Waals surface area contributed by atoms with Gasteiger partial charge in [0.2, 0.25) is 0 Å². The van der Waals surface area contributed by atoms with Gasteiger partial charge in [-0.2, -0.15) is 0 Å². The van der Waals surface area contributed by atoms with E-state index in [1.165, 1.54) is 18.2 Å². The van der Waals surface area contributed by atoms with E-state index in [9.17, 15) is 14.7 Å². The second kappa shape index (κ2) is 4.45. The summed E-state index contributed by atoms with van der Waals surface area (Å²) in [6.45, 7) is 1.78. The highest BCUT2D eigenvalue weighted by Gasteiger charge is 2.18. The SMILES string of the molecule is CCOC(=O)c1cccc(C(=O)O)c1O. The van der Waals surface area contributed by atoms with Crippen molar-refractivity contribution in [3.05, 3.63) is 29.3 Å². The van der Waals surface area contributed by atoms with Crippen LogP contribution in [0.1, 0.15) is 27.6 Å². The van der Waals surface area contributed by atoms with Gasteiger partial charge in [0, 0.05) is 0 Å². The standard InChI is InChI=1S/C10H10O5/c1-2-15-10(14)7-5-3-4-6(8(7)11)9(12)13/h3-5,11H,2H2,1H3,(H,12,13). The Hall–Kier alpha value is -2.04. The fourth-order valence-corrected chi connectivity index (χ4v) is 1.09. The molecule has 0 fully saturated rings. The average molecular weight is 210 g/mol. The molecule has 5 nitrogen and oxygen atoms in total. The molecule has 0 saturated heterocycles. The number of benzene rings is 1. The number of carboxylic acids is 1. The van der Waals surface area contributed by atoms with Crippen LogP contribution in [-0.4, -0.2) is 28.8 Å². The summed E-state index contributed by atoms with van der Waals surface area (Å²) in [6.07, 6.45) is 0. The molecule has 0 atom stereocenters. The summed E-state index contributed by atoms with van der Waals surface area (Å²) < 4.78 is 4.65. The predicted octanol–water partition coefficient (Wildman–Crippen LogP) is 1.27. The second-order valence-corrected chi connectivity index (χ2v) is 2.73. The van der Waals surface area contributed by atoms with Crippen molar-refractivity contribution in [3.63, 3.8) is 0 Å². The quantitative estimate of drug-likeness (QED) is 0.734. The molecule has 1 rings (SSSR count). The van der Waals surface area contributed by atoms with E-state index < -0.39 is 17.7 Å². The van der Waals surface area contributed by atoms with Gasteiger partial charge < -0.3 is 14.9 Å². The van der Waals surface area contributed by atoms with Crippen LogP contribution in [0.4, 0.5) is 0 Å². The monoisotopic (exact) mass is 210 g/mol. The lowest BCUT2D eigenvalue weighted by molar-refractivity contribution is 0.0523. The van der Waals surface area contributed by atoms with Gasteiger partial charge in [-0.15, -0.1) is 0 Å². The third kappa shape index (κ3) is 2.25. The number of carboxylic acid groups (broad SMARTS) is 1. The smallest absolute Gasteiger partial charge is 0.341 e. The van der Waals surface area contributed by atoms with Crippen LogP contribution in [0.3, 0.4) is 0 Å². The molecule has 0 radical (unpaired) electrons. The summed E-state index contributed by atoms with van der Waals surface area (Å²) in [5, 5.41) is 18.2. The Morgan fingerprint density at radius 2 is 1.93 bits per heavy atom. The highest BCUT2D eigenvalue weighted by molar-refractivity contribution is 5.99. The Bertz CT molecular complexity index is 397. The van der Waals surface area contributed by atoms with Crippen molar-refractivity contribution < 1.29 is 24.5 Å². The van der Waals surface area contributed by atoms with Crippen LogP contribution in [0.15, 0.2) is 18.2 Å². The molecule has 80 valence electrons. The van der Waals surface area contributed by atoms with Gasteiger partial charge in [-0.3, -0.25) is 0 Å². The maximum atomic E-state index is 11.3. The lowest BCUT2D eigenvalue weighted by Crippen LogP contribution is -2.07. The first-order chi connectivity index (χ1) is 7.07. The minimum Gasteiger partial charge on any atom is -0.506 e. The molecular weight excluding hydrogens is 200 g/mol. The fourth-order valence-electron chi connectivity index (χ4n) is 1.09. The number of aromatic hydroxyl groups is 1. The first-order valence-corrected chi connectivity index (χ1v) is 4.30. The molecule has 0 bridgehead atoms. The van der Waals surface area contributed by atoms with E-state index in [1.54, 1.807) is 6.92 Å². The molecule has 2 N–H and O–H groups in total. The number of para-hydroxylation sites is 1. The molecule has 0 aliphatic rings. The number of carbonyl (C=O) groups is 2. The highest BCUT2D eigenvalue weighted by Crippen LogP contribution is 2.23. The highest BCUT2D eigenvalue weighted by atomic mass is 16.5. The first-order valence-electron chi connectivity index (χ1n) is 4.30. The van der Waals surface area contributed by atoms with Crippen LogP contribution < -0.4 is 0 Å². The van der Waals surface area contributed by atoms with Gasteiger partial charge in [0.25, 0.3) is 0 Å². The van der Waals surface area contributed by atoms with Gasteiger partial charge in [-0.05, 0) is 19.1 Å². The zero-order valence-corrected chi connectivity index (χ0v) is 8.06. The molecule has 15 heavy (non-hydrogen) atoms. The van der Waals surface area contributed by atoms with Crippen molar-refractivity contribution in [1.29, 1.82) is 0 Å².